The summed E-state index contributed by atoms with van der Waals surface area (Å²) in [7, 11) is 0. The molecule has 100 valence electrons. The van der Waals surface area contributed by atoms with Crippen LogP contribution < -0.4 is 11.4 Å². The monoisotopic (exact) mass is 287 g/mol. The molecule has 0 atom stereocenters. The topological polar surface area (TPSA) is 91.7 Å². The van der Waals surface area contributed by atoms with Crippen molar-refractivity contribution >= 4 is 34.1 Å². The maximum Gasteiger partial charge on any atom is 0.323 e. The molecule has 0 aliphatic rings. The minimum absolute atomic E-state index is 0.205. The Balaban J connectivity index is 2.09. The number of carbonyl (C=O) groups excluding carboxylic acids is 1. The van der Waals surface area contributed by atoms with Crippen molar-refractivity contribution in [1.82, 2.24) is 9.97 Å². The van der Waals surface area contributed by atoms with E-state index in [0.717, 1.165) is 0 Å². The first-order valence-electron chi connectivity index (χ1n) is 5.86. The first-order chi connectivity index (χ1) is 9.52. The molecule has 4 N–H and O–H groups in total. The van der Waals surface area contributed by atoms with Gasteiger partial charge in [-0.05, 0) is 36.4 Å². The molecule has 0 aliphatic carbocycles. The Kier molecular flexibility index (Phi) is 2.84. The van der Waals surface area contributed by atoms with E-state index < -0.39 is 0 Å². The number of nitrogen functional groups attached to an aromatic ring is 1. The van der Waals surface area contributed by atoms with E-state index >= 15 is 0 Å². The van der Waals surface area contributed by atoms with Gasteiger partial charge in [-0.25, -0.2) is 4.79 Å². The van der Waals surface area contributed by atoms with Crippen molar-refractivity contribution in [2.75, 3.05) is 5.73 Å². The molecule has 0 saturated heterocycles. The number of imidazole rings is 1. The van der Waals surface area contributed by atoms with Gasteiger partial charge in [0.2, 0.25) is 0 Å². The normalized spacial score (nSPS) is 10.8. The summed E-state index contributed by atoms with van der Waals surface area (Å²) in [5.41, 5.74) is 7.89. The van der Waals surface area contributed by atoms with Gasteiger partial charge in [-0.2, -0.15) is 0 Å². The molecule has 0 fully saturated rings. The Morgan fingerprint density at radius 3 is 2.50 bits per heavy atom. The molecule has 0 spiro atoms. The van der Waals surface area contributed by atoms with Gasteiger partial charge in [-0.15, -0.1) is 0 Å². The zero-order valence-corrected chi connectivity index (χ0v) is 11.0. The molecular formula is C14H10ClN3O2. The van der Waals surface area contributed by atoms with Crippen LogP contribution in [0.2, 0.25) is 5.02 Å². The number of aromatic amines is 2. The number of rotatable bonds is 2. The number of hydrogen-bond acceptors (Lipinski definition) is 3. The van der Waals surface area contributed by atoms with Crippen molar-refractivity contribution in [3.63, 3.8) is 0 Å². The van der Waals surface area contributed by atoms with E-state index in [9.17, 15) is 9.59 Å². The predicted octanol–water partition coefficient (Wildman–Crippen LogP) is 2.32. The lowest BCUT2D eigenvalue weighted by molar-refractivity contribution is 0.103. The fraction of sp³-hybridized carbons (Fsp3) is 0. The summed E-state index contributed by atoms with van der Waals surface area (Å²) in [5.74, 6) is -0.205. The summed E-state index contributed by atoms with van der Waals surface area (Å²) in [5, 5.41) is 0.407. The van der Waals surface area contributed by atoms with Gasteiger partial charge in [-0.1, -0.05) is 11.6 Å². The number of anilines is 1. The second kappa shape index (κ2) is 4.54. The number of halogens is 1. The van der Waals surface area contributed by atoms with Crippen LogP contribution in [-0.2, 0) is 0 Å². The number of nitrogens with two attached hydrogens (primary N) is 1. The quantitative estimate of drug-likeness (QED) is 0.499. The molecule has 0 radical (unpaired) electrons. The molecule has 1 heterocycles. The maximum absolute atomic E-state index is 12.4. The fourth-order valence-electron chi connectivity index (χ4n) is 2.08. The van der Waals surface area contributed by atoms with Crippen molar-refractivity contribution in [2.45, 2.75) is 0 Å². The molecule has 0 amide bonds. The lowest BCUT2D eigenvalue weighted by Crippen LogP contribution is -2.02. The van der Waals surface area contributed by atoms with Gasteiger partial charge < -0.3 is 15.7 Å². The molecule has 3 aromatic rings. The molecule has 1 aromatic heterocycles. The van der Waals surface area contributed by atoms with Crippen molar-refractivity contribution in [1.29, 1.82) is 0 Å². The molecule has 2 aromatic carbocycles. The summed E-state index contributed by atoms with van der Waals surface area (Å²) in [6.45, 7) is 0. The van der Waals surface area contributed by atoms with Crippen LogP contribution in [0.3, 0.4) is 0 Å². The van der Waals surface area contributed by atoms with Crippen molar-refractivity contribution < 1.29 is 4.79 Å². The van der Waals surface area contributed by atoms with Crippen molar-refractivity contribution in [3.05, 3.63) is 63.0 Å². The van der Waals surface area contributed by atoms with E-state index in [4.69, 9.17) is 17.3 Å². The fourth-order valence-corrected chi connectivity index (χ4v) is 2.33. The van der Waals surface area contributed by atoms with Crippen LogP contribution in [0.1, 0.15) is 15.9 Å². The van der Waals surface area contributed by atoms with Gasteiger partial charge in [-0.3, -0.25) is 4.79 Å². The van der Waals surface area contributed by atoms with Gasteiger partial charge >= 0.3 is 5.69 Å². The highest BCUT2D eigenvalue weighted by Gasteiger charge is 2.12. The van der Waals surface area contributed by atoms with Crippen molar-refractivity contribution in [2.24, 2.45) is 0 Å². The van der Waals surface area contributed by atoms with Gasteiger partial charge in [0.1, 0.15) is 0 Å². The van der Waals surface area contributed by atoms with Crippen LogP contribution in [0.15, 0.2) is 41.2 Å². The van der Waals surface area contributed by atoms with Crippen LogP contribution in [0.5, 0.6) is 0 Å². The second-order valence-corrected chi connectivity index (χ2v) is 4.88. The van der Waals surface area contributed by atoms with Gasteiger partial charge in [0.15, 0.2) is 5.78 Å². The molecule has 0 saturated carbocycles. The number of fused-ring (bicyclic) bond motifs is 1. The first-order valence-corrected chi connectivity index (χ1v) is 6.23. The highest BCUT2D eigenvalue weighted by Crippen LogP contribution is 2.20. The number of aromatic nitrogens is 2. The number of hydrogen-bond donors (Lipinski definition) is 3. The lowest BCUT2D eigenvalue weighted by atomic mass is 10.0. The Hall–Kier alpha value is -2.53. The third kappa shape index (κ3) is 2.19. The SMILES string of the molecule is Nc1cc(Cl)cc(C(=O)c2ccc3[nH]c(=O)[nH]c3c2)c1. The lowest BCUT2D eigenvalue weighted by Gasteiger charge is -2.04. The van der Waals surface area contributed by atoms with Gasteiger partial charge in [0.25, 0.3) is 0 Å². The van der Waals surface area contributed by atoms with Crippen LogP contribution >= 0.6 is 11.6 Å². The average Bonchev–Trinajstić information content (AvgIpc) is 2.75. The highest BCUT2D eigenvalue weighted by molar-refractivity contribution is 6.31. The van der Waals surface area contributed by atoms with Gasteiger partial charge in [0, 0.05) is 21.8 Å². The average molecular weight is 288 g/mol. The van der Waals surface area contributed by atoms with E-state index in [1.165, 1.54) is 0 Å². The second-order valence-electron chi connectivity index (χ2n) is 4.44. The summed E-state index contributed by atoms with van der Waals surface area (Å²) >= 11 is 5.90. The van der Waals surface area contributed by atoms with E-state index in [2.05, 4.69) is 9.97 Å². The highest BCUT2D eigenvalue weighted by atomic mass is 35.5. The zero-order chi connectivity index (χ0) is 14.3. The van der Waals surface area contributed by atoms with E-state index in [1.807, 2.05) is 0 Å². The molecular weight excluding hydrogens is 278 g/mol. The third-order valence-corrected chi connectivity index (χ3v) is 3.18. The Morgan fingerprint density at radius 2 is 1.75 bits per heavy atom. The summed E-state index contributed by atoms with van der Waals surface area (Å²) in [4.78, 5) is 28.8. The Bertz CT molecular complexity index is 859. The zero-order valence-electron chi connectivity index (χ0n) is 10.2. The van der Waals surface area contributed by atoms with E-state index in [0.29, 0.717) is 32.9 Å². The molecule has 6 heteroatoms. The first kappa shape index (κ1) is 12.5. The van der Waals surface area contributed by atoms with Crippen LogP contribution in [0.25, 0.3) is 11.0 Å². The van der Waals surface area contributed by atoms with Crippen LogP contribution in [0, 0.1) is 0 Å². The maximum atomic E-state index is 12.4. The molecule has 3 rings (SSSR count). The standard InChI is InChI=1S/C14H10ClN3O2/c15-9-3-8(4-10(16)6-9)13(19)7-1-2-11-12(5-7)18-14(20)17-11/h1-6H,16H2,(H2,17,18,20). The number of ketones is 1. The minimum Gasteiger partial charge on any atom is -0.399 e. The minimum atomic E-state index is -0.309. The van der Waals surface area contributed by atoms with E-state index in [-0.39, 0.29) is 11.5 Å². The smallest absolute Gasteiger partial charge is 0.323 e. The third-order valence-electron chi connectivity index (χ3n) is 2.96. The summed E-state index contributed by atoms with van der Waals surface area (Å²) in [6, 6.07) is 9.64. The predicted molar refractivity (Wildman–Crippen MR) is 78.2 cm³/mol. The molecule has 5 nitrogen and oxygen atoms in total. The van der Waals surface area contributed by atoms with Crippen LogP contribution in [0.4, 0.5) is 5.69 Å². The molecule has 20 heavy (non-hydrogen) atoms. The number of nitrogens with one attached hydrogen (secondary N) is 2. The van der Waals surface area contributed by atoms with Gasteiger partial charge in [0.05, 0.1) is 11.0 Å². The summed E-state index contributed by atoms with van der Waals surface area (Å²) in [6.07, 6.45) is 0. The van der Waals surface area contributed by atoms with E-state index in [1.54, 1.807) is 36.4 Å². The number of benzene rings is 2. The molecule has 0 aliphatic heterocycles. The summed E-state index contributed by atoms with van der Waals surface area (Å²) < 4.78 is 0. The molecule has 0 bridgehead atoms. The number of carbonyl (C=O) groups is 1. The van der Waals surface area contributed by atoms with Crippen molar-refractivity contribution in [3.8, 4) is 0 Å². The Labute approximate surface area is 118 Å². The number of H-pyrrole nitrogens is 2. The molecule has 0 unspecified atom stereocenters. The van der Waals surface area contributed by atoms with Crippen LogP contribution in [-0.4, -0.2) is 15.8 Å². The Morgan fingerprint density at radius 1 is 1.00 bits per heavy atom. The largest absolute Gasteiger partial charge is 0.399 e.